The van der Waals surface area contributed by atoms with Crippen molar-refractivity contribution in [2.24, 2.45) is 0 Å². The second-order valence-electron chi connectivity index (χ2n) is 6.68. The minimum Gasteiger partial charge on any atom is -0.370 e. The van der Waals surface area contributed by atoms with Gasteiger partial charge in [0.2, 0.25) is 0 Å². The number of rotatable bonds is 4. The molecular formula is C18H27N3O2. The number of carbonyl (C=O) groups is 1. The normalized spacial score (nSPS) is 23.0. The molecule has 0 radical (unpaired) electrons. The van der Waals surface area contributed by atoms with E-state index in [2.05, 4.69) is 28.2 Å². The fraction of sp³-hybridized carbons (Fsp3) is 0.611. The molecule has 3 rings (SSSR count). The number of para-hydroxylation sites is 2. The number of benzene rings is 1. The number of amides is 1. The lowest BCUT2D eigenvalue weighted by Gasteiger charge is -2.31. The maximum absolute atomic E-state index is 12.5. The first-order valence-corrected chi connectivity index (χ1v) is 8.58. The minimum absolute atomic E-state index is 0.0520. The Morgan fingerprint density at radius 1 is 1.30 bits per heavy atom. The summed E-state index contributed by atoms with van der Waals surface area (Å²) < 4.78 is 5.62. The molecule has 1 heterocycles. The van der Waals surface area contributed by atoms with E-state index in [1.807, 2.05) is 25.2 Å². The summed E-state index contributed by atoms with van der Waals surface area (Å²) in [5.74, 6) is -0.0520. The van der Waals surface area contributed by atoms with Crippen LogP contribution in [0.3, 0.4) is 0 Å². The zero-order chi connectivity index (χ0) is 16.2. The van der Waals surface area contributed by atoms with Gasteiger partial charge in [0.05, 0.1) is 18.0 Å². The lowest BCUT2D eigenvalue weighted by molar-refractivity contribution is -0.132. The van der Waals surface area contributed by atoms with Gasteiger partial charge in [0.1, 0.15) is 6.10 Å². The molecule has 0 aromatic heterocycles. The van der Waals surface area contributed by atoms with Crippen molar-refractivity contribution in [2.45, 2.75) is 37.8 Å². The molecule has 5 heteroatoms. The molecule has 2 fully saturated rings. The Kier molecular flexibility index (Phi) is 5.18. The van der Waals surface area contributed by atoms with Crippen molar-refractivity contribution in [3.8, 4) is 0 Å². The lowest BCUT2D eigenvalue weighted by atomic mass is 10.1. The van der Waals surface area contributed by atoms with Crippen LogP contribution < -0.4 is 10.2 Å². The Morgan fingerprint density at radius 2 is 2.04 bits per heavy atom. The average Bonchev–Trinajstić information content (AvgIpc) is 3.09. The van der Waals surface area contributed by atoms with Crippen LogP contribution in [0.1, 0.15) is 25.7 Å². The van der Waals surface area contributed by atoms with Crippen LogP contribution in [0.25, 0.3) is 0 Å². The number of ether oxygens (including phenoxy) is 1. The van der Waals surface area contributed by atoms with Gasteiger partial charge in [-0.25, -0.2) is 0 Å². The van der Waals surface area contributed by atoms with E-state index in [0.29, 0.717) is 19.2 Å². The number of morpholine rings is 1. The fourth-order valence-corrected chi connectivity index (χ4v) is 3.52. The van der Waals surface area contributed by atoms with E-state index in [0.717, 1.165) is 17.9 Å². The molecule has 1 aromatic rings. The average molecular weight is 317 g/mol. The van der Waals surface area contributed by atoms with Crippen molar-refractivity contribution in [3.63, 3.8) is 0 Å². The summed E-state index contributed by atoms with van der Waals surface area (Å²) >= 11 is 0. The maximum Gasteiger partial charge on any atom is 0.254 e. The number of nitrogens with one attached hydrogen (secondary N) is 1. The molecule has 1 saturated carbocycles. The molecule has 1 aromatic carbocycles. The SMILES string of the molecule is CN1CCO[C@@H](C(=O)Nc2ccccc2N(C)C2CCCC2)C1. The molecule has 1 atom stereocenters. The van der Waals surface area contributed by atoms with Gasteiger partial charge in [0, 0.05) is 26.2 Å². The second-order valence-corrected chi connectivity index (χ2v) is 6.68. The third-order valence-corrected chi connectivity index (χ3v) is 4.98. The molecule has 1 N–H and O–H groups in total. The Balaban J connectivity index is 1.71. The van der Waals surface area contributed by atoms with Gasteiger partial charge in [-0.15, -0.1) is 0 Å². The molecule has 0 bridgehead atoms. The van der Waals surface area contributed by atoms with Crippen molar-refractivity contribution >= 4 is 17.3 Å². The zero-order valence-corrected chi connectivity index (χ0v) is 14.1. The second kappa shape index (κ2) is 7.32. The van der Waals surface area contributed by atoms with Crippen LogP contribution in [0.15, 0.2) is 24.3 Å². The topological polar surface area (TPSA) is 44.8 Å². The molecule has 1 saturated heterocycles. The summed E-state index contributed by atoms with van der Waals surface area (Å²) in [6, 6.07) is 8.63. The Labute approximate surface area is 138 Å². The monoisotopic (exact) mass is 317 g/mol. The van der Waals surface area contributed by atoms with Gasteiger partial charge in [-0.3, -0.25) is 4.79 Å². The first-order chi connectivity index (χ1) is 11.1. The Bertz CT molecular complexity index is 543. The van der Waals surface area contributed by atoms with Crippen LogP contribution in [-0.2, 0) is 9.53 Å². The highest BCUT2D eigenvalue weighted by molar-refractivity contribution is 5.97. The number of hydrogen-bond acceptors (Lipinski definition) is 4. The maximum atomic E-state index is 12.5. The number of carbonyl (C=O) groups excluding carboxylic acids is 1. The fourth-order valence-electron chi connectivity index (χ4n) is 3.52. The predicted molar refractivity (Wildman–Crippen MR) is 93.0 cm³/mol. The van der Waals surface area contributed by atoms with E-state index in [1.165, 1.54) is 25.7 Å². The van der Waals surface area contributed by atoms with Gasteiger partial charge >= 0.3 is 0 Å². The highest BCUT2D eigenvalue weighted by atomic mass is 16.5. The third-order valence-electron chi connectivity index (χ3n) is 4.98. The molecule has 1 aliphatic heterocycles. The highest BCUT2D eigenvalue weighted by Gasteiger charge is 2.26. The summed E-state index contributed by atoms with van der Waals surface area (Å²) in [7, 11) is 4.15. The third kappa shape index (κ3) is 3.85. The van der Waals surface area contributed by atoms with Gasteiger partial charge in [0.25, 0.3) is 5.91 Å². The highest BCUT2D eigenvalue weighted by Crippen LogP contribution is 2.31. The predicted octanol–water partition coefficient (Wildman–Crippen LogP) is 2.33. The van der Waals surface area contributed by atoms with Gasteiger partial charge in [-0.2, -0.15) is 0 Å². The van der Waals surface area contributed by atoms with Crippen LogP contribution in [-0.4, -0.2) is 56.7 Å². The standard InChI is InChI=1S/C18H27N3O2/c1-20-11-12-23-17(13-20)18(22)19-15-9-5-6-10-16(15)21(2)14-7-3-4-8-14/h5-6,9-10,14,17H,3-4,7-8,11-13H2,1-2H3,(H,19,22)/t17-/m1/s1. The first kappa shape index (κ1) is 16.3. The molecule has 23 heavy (non-hydrogen) atoms. The van der Waals surface area contributed by atoms with E-state index < -0.39 is 6.10 Å². The molecule has 0 spiro atoms. The van der Waals surface area contributed by atoms with Gasteiger partial charge in [-0.05, 0) is 32.0 Å². The summed E-state index contributed by atoms with van der Waals surface area (Å²) in [4.78, 5) is 17.0. The molecule has 1 aliphatic carbocycles. The molecule has 5 nitrogen and oxygen atoms in total. The van der Waals surface area contributed by atoms with Crippen LogP contribution in [0.4, 0.5) is 11.4 Å². The molecule has 2 aliphatic rings. The number of anilines is 2. The Hall–Kier alpha value is -1.59. The molecule has 126 valence electrons. The van der Waals surface area contributed by atoms with Gasteiger partial charge < -0.3 is 19.9 Å². The quantitative estimate of drug-likeness (QED) is 0.926. The number of hydrogen-bond donors (Lipinski definition) is 1. The van der Waals surface area contributed by atoms with E-state index in [1.54, 1.807) is 0 Å². The van der Waals surface area contributed by atoms with Gasteiger partial charge in [-0.1, -0.05) is 25.0 Å². The summed E-state index contributed by atoms with van der Waals surface area (Å²) in [6.45, 7) is 2.13. The summed E-state index contributed by atoms with van der Waals surface area (Å²) in [5, 5.41) is 3.07. The smallest absolute Gasteiger partial charge is 0.254 e. The van der Waals surface area contributed by atoms with Crippen molar-refractivity contribution in [3.05, 3.63) is 24.3 Å². The summed E-state index contributed by atoms with van der Waals surface area (Å²) in [5.41, 5.74) is 1.97. The van der Waals surface area contributed by atoms with Crippen molar-refractivity contribution in [1.29, 1.82) is 0 Å². The minimum atomic E-state index is -0.390. The molecular weight excluding hydrogens is 290 g/mol. The van der Waals surface area contributed by atoms with Crippen LogP contribution in [0.5, 0.6) is 0 Å². The first-order valence-electron chi connectivity index (χ1n) is 8.58. The van der Waals surface area contributed by atoms with E-state index in [-0.39, 0.29) is 5.91 Å². The zero-order valence-electron chi connectivity index (χ0n) is 14.1. The van der Waals surface area contributed by atoms with E-state index in [9.17, 15) is 4.79 Å². The van der Waals surface area contributed by atoms with Crippen molar-refractivity contribution in [2.75, 3.05) is 44.0 Å². The van der Waals surface area contributed by atoms with Crippen LogP contribution in [0.2, 0.25) is 0 Å². The lowest BCUT2D eigenvalue weighted by Crippen LogP contribution is -2.46. The summed E-state index contributed by atoms with van der Waals surface area (Å²) in [6.07, 6.45) is 4.67. The van der Waals surface area contributed by atoms with Crippen molar-refractivity contribution < 1.29 is 9.53 Å². The molecule has 1 amide bonds. The molecule has 0 unspecified atom stereocenters. The van der Waals surface area contributed by atoms with Gasteiger partial charge in [0.15, 0.2) is 0 Å². The van der Waals surface area contributed by atoms with E-state index in [4.69, 9.17) is 4.74 Å². The van der Waals surface area contributed by atoms with Crippen LogP contribution in [0, 0.1) is 0 Å². The Morgan fingerprint density at radius 3 is 2.78 bits per heavy atom. The van der Waals surface area contributed by atoms with Crippen molar-refractivity contribution in [1.82, 2.24) is 4.90 Å². The number of nitrogens with zero attached hydrogens (tertiary/aromatic N) is 2. The largest absolute Gasteiger partial charge is 0.370 e. The van der Waals surface area contributed by atoms with E-state index >= 15 is 0 Å². The number of likely N-dealkylation sites (N-methyl/N-ethyl adjacent to an activating group) is 1. The van der Waals surface area contributed by atoms with Crippen LogP contribution >= 0.6 is 0 Å².